The van der Waals surface area contributed by atoms with Gasteiger partial charge in [-0.1, -0.05) is 6.42 Å². The maximum atomic E-state index is 10.8. The average molecular weight is 263 g/mol. The third-order valence-corrected chi connectivity index (χ3v) is 4.76. The molecule has 0 saturated heterocycles. The molecule has 0 aromatic carbocycles. The largest absolute Gasteiger partial charge is 0.478 e. The van der Waals surface area contributed by atoms with E-state index in [4.69, 9.17) is 9.52 Å². The Morgan fingerprint density at radius 1 is 1.47 bits per heavy atom. The summed E-state index contributed by atoms with van der Waals surface area (Å²) >= 11 is 0. The van der Waals surface area contributed by atoms with Crippen molar-refractivity contribution in [1.82, 2.24) is 4.90 Å². The number of carboxylic acids is 1. The van der Waals surface area contributed by atoms with Crippen LogP contribution in [0, 0.1) is 17.8 Å². The molecule has 2 aliphatic rings. The van der Waals surface area contributed by atoms with E-state index in [9.17, 15) is 4.79 Å². The number of fused-ring (bicyclic) bond motifs is 2. The van der Waals surface area contributed by atoms with Crippen molar-refractivity contribution in [3.05, 3.63) is 23.7 Å². The van der Waals surface area contributed by atoms with E-state index < -0.39 is 5.97 Å². The molecule has 1 heterocycles. The zero-order valence-electron chi connectivity index (χ0n) is 11.3. The number of hydrogen-bond acceptors (Lipinski definition) is 3. The molecule has 2 bridgehead atoms. The van der Waals surface area contributed by atoms with Gasteiger partial charge in [-0.3, -0.25) is 4.90 Å². The van der Waals surface area contributed by atoms with Gasteiger partial charge in [0, 0.05) is 6.54 Å². The number of aromatic carboxylic acids is 1. The van der Waals surface area contributed by atoms with E-state index in [1.54, 1.807) is 6.07 Å². The maximum Gasteiger partial charge on any atom is 0.338 e. The van der Waals surface area contributed by atoms with Crippen molar-refractivity contribution >= 4 is 5.97 Å². The Morgan fingerprint density at radius 3 is 2.89 bits per heavy atom. The fourth-order valence-corrected chi connectivity index (χ4v) is 3.91. The normalized spacial score (nSPS) is 29.3. The standard InChI is InChI=1S/C15H21NO3/c1-16(7-12-5-10-2-3-11(12)4-10)8-14-6-13(9-19-14)15(17)18/h6,9-12H,2-5,7-8H2,1H3,(H,17,18). The van der Waals surface area contributed by atoms with Crippen molar-refractivity contribution in [2.45, 2.75) is 32.2 Å². The van der Waals surface area contributed by atoms with Crippen molar-refractivity contribution in [3.63, 3.8) is 0 Å². The molecule has 1 aromatic rings. The van der Waals surface area contributed by atoms with Crippen LogP contribution in [0.25, 0.3) is 0 Å². The summed E-state index contributed by atoms with van der Waals surface area (Å²) in [6.07, 6.45) is 6.98. The van der Waals surface area contributed by atoms with Gasteiger partial charge in [0.1, 0.15) is 12.0 Å². The third-order valence-electron chi connectivity index (χ3n) is 4.76. The van der Waals surface area contributed by atoms with E-state index in [1.165, 1.54) is 31.9 Å². The topological polar surface area (TPSA) is 53.7 Å². The number of carboxylic acid groups (broad SMARTS) is 1. The van der Waals surface area contributed by atoms with Crippen LogP contribution in [0.3, 0.4) is 0 Å². The molecule has 1 aromatic heterocycles. The smallest absolute Gasteiger partial charge is 0.338 e. The zero-order valence-corrected chi connectivity index (χ0v) is 11.3. The van der Waals surface area contributed by atoms with E-state index in [2.05, 4.69) is 11.9 Å². The van der Waals surface area contributed by atoms with Gasteiger partial charge in [0.15, 0.2) is 0 Å². The van der Waals surface area contributed by atoms with Crippen LogP contribution in [-0.2, 0) is 6.54 Å². The lowest BCUT2D eigenvalue weighted by molar-refractivity contribution is 0.0696. The first-order valence-corrected chi connectivity index (χ1v) is 7.11. The highest BCUT2D eigenvalue weighted by Crippen LogP contribution is 2.48. The van der Waals surface area contributed by atoms with E-state index in [0.717, 1.165) is 30.1 Å². The van der Waals surface area contributed by atoms with E-state index in [-0.39, 0.29) is 5.56 Å². The molecule has 3 rings (SSSR count). The molecule has 0 amide bonds. The lowest BCUT2D eigenvalue weighted by Crippen LogP contribution is -2.28. The Labute approximate surface area is 113 Å². The number of furan rings is 1. The van der Waals surface area contributed by atoms with Crippen molar-refractivity contribution in [3.8, 4) is 0 Å². The molecule has 19 heavy (non-hydrogen) atoms. The summed E-state index contributed by atoms with van der Waals surface area (Å²) in [6, 6.07) is 1.62. The fraction of sp³-hybridized carbons (Fsp3) is 0.667. The lowest BCUT2D eigenvalue weighted by Gasteiger charge is -2.26. The van der Waals surface area contributed by atoms with Crippen LogP contribution in [0.2, 0.25) is 0 Å². The molecule has 4 nitrogen and oxygen atoms in total. The van der Waals surface area contributed by atoms with Crippen LogP contribution in [0.1, 0.15) is 41.8 Å². The number of rotatable bonds is 5. The highest BCUT2D eigenvalue weighted by atomic mass is 16.4. The molecule has 2 saturated carbocycles. The van der Waals surface area contributed by atoms with E-state index in [1.807, 2.05) is 0 Å². The first-order valence-electron chi connectivity index (χ1n) is 7.11. The Balaban J connectivity index is 1.53. The summed E-state index contributed by atoms with van der Waals surface area (Å²) in [7, 11) is 2.09. The van der Waals surface area contributed by atoms with Gasteiger partial charge in [-0.25, -0.2) is 4.79 Å². The Morgan fingerprint density at radius 2 is 2.32 bits per heavy atom. The third kappa shape index (κ3) is 2.68. The van der Waals surface area contributed by atoms with Crippen molar-refractivity contribution in [1.29, 1.82) is 0 Å². The lowest BCUT2D eigenvalue weighted by atomic mass is 9.88. The van der Waals surface area contributed by atoms with Gasteiger partial charge >= 0.3 is 5.97 Å². The second-order valence-electron chi connectivity index (χ2n) is 6.24. The van der Waals surface area contributed by atoms with Gasteiger partial charge in [-0.15, -0.1) is 0 Å². The van der Waals surface area contributed by atoms with Crippen molar-refractivity contribution in [2.75, 3.05) is 13.6 Å². The molecule has 104 valence electrons. The molecule has 2 aliphatic carbocycles. The molecule has 0 spiro atoms. The molecule has 0 aliphatic heterocycles. The second kappa shape index (κ2) is 5.00. The van der Waals surface area contributed by atoms with Crippen LogP contribution in [-0.4, -0.2) is 29.6 Å². The molecule has 3 unspecified atom stereocenters. The van der Waals surface area contributed by atoms with Crippen LogP contribution >= 0.6 is 0 Å². The van der Waals surface area contributed by atoms with Gasteiger partial charge in [0.05, 0.1) is 12.1 Å². The number of hydrogen-bond donors (Lipinski definition) is 1. The average Bonchev–Trinajstić information content (AvgIpc) is 3.03. The summed E-state index contributed by atoms with van der Waals surface area (Å²) in [5.74, 6) is 2.55. The zero-order chi connectivity index (χ0) is 13.4. The van der Waals surface area contributed by atoms with Gasteiger partial charge in [-0.2, -0.15) is 0 Å². The molecular weight excluding hydrogens is 242 g/mol. The SMILES string of the molecule is CN(Cc1cc(C(=O)O)co1)CC1CC2CCC1C2. The van der Waals surface area contributed by atoms with Gasteiger partial charge in [0.25, 0.3) is 0 Å². The monoisotopic (exact) mass is 263 g/mol. The Bertz CT molecular complexity index is 468. The summed E-state index contributed by atoms with van der Waals surface area (Å²) in [6.45, 7) is 1.80. The molecule has 3 atom stereocenters. The van der Waals surface area contributed by atoms with Crippen LogP contribution < -0.4 is 0 Å². The maximum absolute atomic E-state index is 10.8. The Hall–Kier alpha value is -1.29. The predicted octanol–water partition coefficient (Wildman–Crippen LogP) is 2.85. The second-order valence-corrected chi connectivity index (χ2v) is 6.24. The molecule has 1 N–H and O–H groups in total. The highest BCUT2D eigenvalue weighted by molar-refractivity contribution is 5.87. The minimum absolute atomic E-state index is 0.239. The number of nitrogens with zero attached hydrogens (tertiary/aromatic N) is 1. The summed E-state index contributed by atoms with van der Waals surface area (Å²) in [4.78, 5) is 13.1. The first kappa shape index (κ1) is 12.7. The minimum atomic E-state index is -0.925. The van der Waals surface area contributed by atoms with E-state index in [0.29, 0.717) is 6.54 Å². The first-order chi connectivity index (χ1) is 9.11. The van der Waals surface area contributed by atoms with Crippen LogP contribution in [0.4, 0.5) is 0 Å². The highest BCUT2D eigenvalue weighted by Gasteiger charge is 2.39. The Kier molecular flexibility index (Phi) is 3.35. The summed E-state index contributed by atoms with van der Waals surface area (Å²) < 4.78 is 5.30. The molecule has 4 heteroatoms. The van der Waals surface area contributed by atoms with Crippen molar-refractivity contribution < 1.29 is 14.3 Å². The number of carbonyl (C=O) groups is 1. The van der Waals surface area contributed by atoms with Crippen LogP contribution in [0.5, 0.6) is 0 Å². The fourth-order valence-electron chi connectivity index (χ4n) is 3.91. The molecule has 0 radical (unpaired) electrons. The predicted molar refractivity (Wildman–Crippen MR) is 70.9 cm³/mol. The van der Waals surface area contributed by atoms with Gasteiger partial charge in [0.2, 0.25) is 0 Å². The summed E-state index contributed by atoms with van der Waals surface area (Å²) in [5.41, 5.74) is 0.239. The summed E-state index contributed by atoms with van der Waals surface area (Å²) in [5, 5.41) is 8.86. The van der Waals surface area contributed by atoms with Gasteiger partial charge in [-0.05, 0) is 50.1 Å². The van der Waals surface area contributed by atoms with E-state index >= 15 is 0 Å². The van der Waals surface area contributed by atoms with Gasteiger partial charge < -0.3 is 9.52 Å². The van der Waals surface area contributed by atoms with Crippen LogP contribution in [0.15, 0.2) is 16.7 Å². The quantitative estimate of drug-likeness (QED) is 0.887. The minimum Gasteiger partial charge on any atom is -0.478 e. The molecule has 2 fully saturated rings. The van der Waals surface area contributed by atoms with Crippen molar-refractivity contribution in [2.24, 2.45) is 17.8 Å². The molecular formula is C15H21NO3.